The molecule has 4 aromatic rings. The summed E-state index contributed by atoms with van der Waals surface area (Å²) in [6.45, 7) is 0.257. The van der Waals surface area contributed by atoms with Gasteiger partial charge in [-0.25, -0.2) is 9.37 Å². The number of nitrogens with one attached hydrogen (secondary N) is 1. The summed E-state index contributed by atoms with van der Waals surface area (Å²) in [6.07, 6.45) is 1.73. The number of nitriles is 1. The van der Waals surface area contributed by atoms with Crippen LogP contribution in [0.1, 0.15) is 17.0 Å². The lowest BCUT2D eigenvalue weighted by atomic mass is 10.1. The summed E-state index contributed by atoms with van der Waals surface area (Å²) in [6, 6.07) is 19.5. The monoisotopic (exact) mass is 477 g/mol. The molecule has 0 saturated heterocycles. The summed E-state index contributed by atoms with van der Waals surface area (Å²) >= 11 is 3.52. The number of allylic oxidation sites excluding steroid dienone is 1. The van der Waals surface area contributed by atoms with Crippen LogP contribution in [-0.2, 0) is 6.61 Å². The largest absolute Gasteiger partial charge is 0.493 e. The predicted molar refractivity (Wildman–Crippen MR) is 121 cm³/mol. The van der Waals surface area contributed by atoms with Gasteiger partial charge in [0.15, 0.2) is 11.5 Å². The van der Waals surface area contributed by atoms with Crippen molar-refractivity contribution in [2.24, 2.45) is 0 Å². The zero-order valence-corrected chi connectivity index (χ0v) is 18.1. The minimum atomic E-state index is -0.295. The molecule has 31 heavy (non-hydrogen) atoms. The van der Waals surface area contributed by atoms with E-state index in [2.05, 4.69) is 32.0 Å². The van der Waals surface area contributed by atoms with E-state index in [9.17, 15) is 9.65 Å². The average molecular weight is 478 g/mol. The van der Waals surface area contributed by atoms with Crippen LogP contribution in [0.2, 0.25) is 0 Å². The number of aromatic amines is 1. The second kappa shape index (κ2) is 9.02. The molecular formula is C24H17BrFN3O2. The lowest BCUT2D eigenvalue weighted by Crippen LogP contribution is -1.99. The quantitative estimate of drug-likeness (QED) is 0.339. The summed E-state index contributed by atoms with van der Waals surface area (Å²) in [5.74, 6) is 1.22. The number of H-pyrrole nitrogens is 1. The SMILES string of the molecule is COc1cc(C=C(C#N)c2nc3ccccc3[nH]2)cc(Br)c1OCc1ccc(F)cc1. The molecule has 0 atom stereocenters. The van der Waals surface area contributed by atoms with E-state index < -0.39 is 0 Å². The van der Waals surface area contributed by atoms with Crippen molar-refractivity contribution in [1.29, 1.82) is 5.26 Å². The Labute approximate surface area is 186 Å². The Morgan fingerprint density at radius 1 is 1.19 bits per heavy atom. The van der Waals surface area contributed by atoms with Gasteiger partial charge in [0, 0.05) is 0 Å². The first-order chi connectivity index (χ1) is 15.1. The second-order valence-electron chi connectivity index (χ2n) is 6.72. The number of hydrogen-bond donors (Lipinski definition) is 1. The normalized spacial score (nSPS) is 11.4. The molecule has 0 amide bonds. The highest BCUT2D eigenvalue weighted by Gasteiger charge is 2.13. The van der Waals surface area contributed by atoms with Crippen LogP contribution in [0, 0.1) is 17.1 Å². The van der Waals surface area contributed by atoms with E-state index in [1.54, 1.807) is 31.4 Å². The van der Waals surface area contributed by atoms with E-state index in [-0.39, 0.29) is 12.4 Å². The molecule has 0 aliphatic carbocycles. The van der Waals surface area contributed by atoms with Crippen molar-refractivity contribution in [2.75, 3.05) is 7.11 Å². The molecular weight excluding hydrogens is 461 g/mol. The number of rotatable bonds is 6. The van der Waals surface area contributed by atoms with Crippen LogP contribution in [0.3, 0.4) is 0 Å². The fraction of sp³-hybridized carbons (Fsp3) is 0.0833. The van der Waals surface area contributed by atoms with E-state index in [0.717, 1.165) is 22.2 Å². The summed E-state index contributed by atoms with van der Waals surface area (Å²) in [7, 11) is 1.55. The van der Waals surface area contributed by atoms with Gasteiger partial charge < -0.3 is 14.5 Å². The van der Waals surface area contributed by atoms with Gasteiger partial charge in [-0.15, -0.1) is 0 Å². The lowest BCUT2D eigenvalue weighted by molar-refractivity contribution is 0.282. The molecule has 0 radical (unpaired) electrons. The Kier molecular flexibility index (Phi) is 6.01. The van der Waals surface area contributed by atoms with Gasteiger partial charge >= 0.3 is 0 Å². The van der Waals surface area contributed by atoms with Gasteiger partial charge in [-0.2, -0.15) is 5.26 Å². The third-order valence-electron chi connectivity index (χ3n) is 4.62. The molecule has 0 bridgehead atoms. The van der Waals surface area contributed by atoms with E-state index in [4.69, 9.17) is 9.47 Å². The molecule has 0 unspecified atom stereocenters. The van der Waals surface area contributed by atoms with Crippen molar-refractivity contribution in [2.45, 2.75) is 6.61 Å². The average Bonchev–Trinajstić information content (AvgIpc) is 3.21. The van der Waals surface area contributed by atoms with Crippen molar-refractivity contribution >= 4 is 38.6 Å². The third-order valence-corrected chi connectivity index (χ3v) is 5.21. The van der Waals surface area contributed by atoms with Crippen molar-refractivity contribution in [3.05, 3.63) is 87.9 Å². The van der Waals surface area contributed by atoms with E-state index in [0.29, 0.717) is 27.4 Å². The summed E-state index contributed by atoms with van der Waals surface area (Å²) in [5, 5.41) is 9.67. The molecule has 154 valence electrons. The number of ether oxygens (including phenoxy) is 2. The van der Waals surface area contributed by atoms with Gasteiger partial charge in [-0.3, -0.25) is 0 Å². The number of benzene rings is 3. The third kappa shape index (κ3) is 4.60. The highest BCUT2D eigenvalue weighted by Crippen LogP contribution is 2.38. The highest BCUT2D eigenvalue weighted by molar-refractivity contribution is 9.10. The van der Waals surface area contributed by atoms with Crippen LogP contribution in [0.4, 0.5) is 4.39 Å². The van der Waals surface area contributed by atoms with Crippen molar-refractivity contribution in [3.63, 3.8) is 0 Å². The van der Waals surface area contributed by atoms with Crippen LogP contribution in [0.15, 0.2) is 65.1 Å². The van der Waals surface area contributed by atoms with Crippen LogP contribution in [0.5, 0.6) is 11.5 Å². The molecule has 5 nitrogen and oxygen atoms in total. The van der Waals surface area contributed by atoms with Crippen molar-refractivity contribution < 1.29 is 13.9 Å². The molecule has 1 N–H and O–H groups in total. The molecule has 3 aromatic carbocycles. The molecule has 0 aliphatic heterocycles. The lowest BCUT2D eigenvalue weighted by Gasteiger charge is -2.14. The van der Waals surface area contributed by atoms with Crippen LogP contribution in [0.25, 0.3) is 22.7 Å². The highest BCUT2D eigenvalue weighted by atomic mass is 79.9. The fourth-order valence-corrected chi connectivity index (χ4v) is 3.67. The van der Waals surface area contributed by atoms with Gasteiger partial charge in [0.25, 0.3) is 0 Å². The first-order valence-electron chi connectivity index (χ1n) is 9.39. The van der Waals surface area contributed by atoms with E-state index in [1.807, 2.05) is 30.3 Å². The predicted octanol–water partition coefficient (Wildman–Crippen LogP) is 6.12. The Hall–Kier alpha value is -3.63. The Balaban J connectivity index is 1.63. The molecule has 0 spiro atoms. The zero-order valence-electron chi connectivity index (χ0n) is 16.5. The van der Waals surface area contributed by atoms with E-state index in [1.165, 1.54) is 12.1 Å². The Bertz CT molecular complexity index is 1270. The maximum Gasteiger partial charge on any atom is 0.175 e. The maximum absolute atomic E-state index is 13.1. The van der Waals surface area contributed by atoms with Crippen LogP contribution >= 0.6 is 15.9 Å². The minimum absolute atomic E-state index is 0.257. The number of fused-ring (bicyclic) bond motifs is 1. The standard InChI is InChI=1S/C24H17BrFN3O2/c1-30-22-12-16(10-17(13-27)24-28-20-4-2-3-5-21(20)29-24)11-19(25)23(22)31-14-15-6-8-18(26)9-7-15/h2-12H,14H2,1H3,(H,28,29). The minimum Gasteiger partial charge on any atom is -0.493 e. The molecule has 7 heteroatoms. The first-order valence-corrected chi connectivity index (χ1v) is 10.2. The number of halogens is 2. The number of hydrogen-bond acceptors (Lipinski definition) is 4. The van der Waals surface area contributed by atoms with E-state index >= 15 is 0 Å². The van der Waals surface area contributed by atoms with Gasteiger partial charge in [-0.1, -0.05) is 24.3 Å². The number of imidazole rings is 1. The van der Waals surface area contributed by atoms with Gasteiger partial charge in [0.2, 0.25) is 0 Å². The number of aromatic nitrogens is 2. The van der Waals surface area contributed by atoms with Gasteiger partial charge in [-0.05, 0) is 69.5 Å². The second-order valence-corrected chi connectivity index (χ2v) is 7.58. The summed E-state index contributed by atoms with van der Waals surface area (Å²) in [5.41, 5.74) is 3.62. The molecule has 1 heterocycles. The van der Waals surface area contributed by atoms with Crippen molar-refractivity contribution in [1.82, 2.24) is 9.97 Å². The molecule has 0 aliphatic rings. The smallest absolute Gasteiger partial charge is 0.175 e. The molecule has 0 saturated carbocycles. The summed E-state index contributed by atoms with van der Waals surface area (Å²) in [4.78, 5) is 7.66. The molecule has 1 aromatic heterocycles. The fourth-order valence-electron chi connectivity index (χ4n) is 3.10. The Morgan fingerprint density at radius 3 is 2.68 bits per heavy atom. The Morgan fingerprint density at radius 2 is 1.97 bits per heavy atom. The molecule has 0 fully saturated rings. The topological polar surface area (TPSA) is 70.9 Å². The van der Waals surface area contributed by atoms with Gasteiger partial charge in [0.1, 0.15) is 24.3 Å². The van der Waals surface area contributed by atoms with Gasteiger partial charge in [0.05, 0.1) is 28.2 Å². The summed E-state index contributed by atoms with van der Waals surface area (Å²) < 4.78 is 25.1. The van der Waals surface area contributed by atoms with Crippen molar-refractivity contribution in [3.8, 4) is 17.6 Å². The van der Waals surface area contributed by atoms with Crippen LogP contribution in [-0.4, -0.2) is 17.1 Å². The number of para-hydroxylation sites is 2. The number of methoxy groups -OCH3 is 1. The molecule has 4 rings (SSSR count). The maximum atomic E-state index is 13.1. The first kappa shape index (κ1) is 20.6. The number of nitrogens with zero attached hydrogens (tertiary/aromatic N) is 2. The zero-order chi connectivity index (χ0) is 21.8. The van der Waals surface area contributed by atoms with Crippen LogP contribution < -0.4 is 9.47 Å².